The summed E-state index contributed by atoms with van der Waals surface area (Å²) in [6, 6.07) is 7.56. The molecule has 1 aromatic rings. The van der Waals surface area contributed by atoms with Gasteiger partial charge in [0.15, 0.2) is 0 Å². The zero-order valence-electron chi connectivity index (χ0n) is 20.4. The van der Waals surface area contributed by atoms with Crippen LogP contribution in [-0.2, 0) is 16.7 Å². The molecular weight excluding hydrogens is 356 g/mol. The summed E-state index contributed by atoms with van der Waals surface area (Å²) in [4.78, 5) is 2.66. The second kappa shape index (κ2) is 7.57. The number of hydrogen-bond acceptors (Lipinski definition) is 3. The fourth-order valence-corrected chi connectivity index (χ4v) is 5.96. The number of hydrogen-bond donors (Lipinski definition) is 1. The van der Waals surface area contributed by atoms with E-state index in [2.05, 4.69) is 90.7 Å². The summed E-state index contributed by atoms with van der Waals surface area (Å²) < 4.78 is 5.55. The van der Waals surface area contributed by atoms with Crippen molar-refractivity contribution in [2.45, 2.75) is 98.7 Å². The lowest BCUT2D eigenvalue weighted by molar-refractivity contribution is 0.0622. The summed E-state index contributed by atoms with van der Waals surface area (Å²) >= 11 is 0. The molecule has 29 heavy (non-hydrogen) atoms. The maximum atomic E-state index is 5.55. The molecule has 1 aromatic carbocycles. The van der Waals surface area contributed by atoms with Crippen LogP contribution in [-0.4, -0.2) is 31.3 Å². The van der Waals surface area contributed by atoms with Crippen LogP contribution in [0.4, 0.5) is 5.69 Å². The van der Waals surface area contributed by atoms with Crippen LogP contribution in [0.25, 0.3) is 0 Å². The third-order valence-electron chi connectivity index (χ3n) is 7.41. The van der Waals surface area contributed by atoms with E-state index in [4.69, 9.17) is 4.74 Å². The molecule has 0 amide bonds. The molecule has 3 heteroatoms. The van der Waals surface area contributed by atoms with Gasteiger partial charge in [-0.15, -0.1) is 0 Å². The van der Waals surface area contributed by atoms with Gasteiger partial charge in [-0.2, -0.15) is 0 Å². The van der Waals surface area contributed by atoms with Crippen molar-refractivity contribution in [1.29, 1.82) is 0 Å². The maximum Gasteiger partial charge on any atom is 0.0480 e. The van der Waals surface area contributed by atoms with Crippen LogP contribution in [0.3, 0.4) is 0 Å². The Labute approximate surface area is 179 Å². The van der Waals surface area contributed by atoms with E-state index >= 15 is 0 Å². The second-order valence-corrected chi connectivity index (χ2v) is 12.2. The highest BCUT2D eigenvalue weighted by atomic mass is 16.5. The smallest absolute Gasteiger partial charge is 0.0480 e. The molecule has 1 N–H and O–H groups in total. The Morgan fingerprint density at radius 2 is 1.55 bits per heavy atom. The van der Waals surface area contributed by atoms with Crippen molar-refractivity contribution in [3.05, 3.63) is 29.3 Å². The number of anilines is 1. The average Bonchev–Trinajstić information content (AvgIpc) is 2.98. The molecule has 3 rings (SSSR count). The molecule has 2 heterocycles. The Morgan fingerprint density at radius 1 is 0.966 bits per heavy atom. The molecular formula is C26H44N2O. The van der Waals surface area contributed by atoms with Crippen molar-refractivity contribution >= 4 is 5.69 Å². The summed E-state index contributed by atoms with van der Waals surface area (Å²) in [5, 5.41) is 3.86. The van der Waals surface area contributed by atoms with E-state index in [-0.39, 0.29) is 21.8 Å². The number of rotatable bonds is 3. The zero-order valence-corrected chi connectivity index (χ0v) is 20.4. The molecule has 1 saturated heterocycles. The van der Waals surface area contributed by atoms with Gasteiger partial charge in [0.1, 0.15) is 0 Å². The lowest BCUT2D eigenvalue weighted by Gasteiger charge is -2.53. The van der Waals surface area contributed by atoms with E-state index in [1.807, 2.05) is 0 Å². The average molecular weight is 401 g/mol. The van der Waals surface area contributed by atoms with Gasteiger partial charge >= 0.3 is 0 Å². The molecule has 164 valence electrons. The minimum atomic E-state index is 0.0799. The highest BCUT2D eigenvalue weighted by Gasteiger charge is 2.58. The van der Waals surface area contributed by atoms with Crippen molar-refractivity contribution in [2.75, 3.05) is 24.7 Å². The highest BCUT2D eigenvalue weighted by molar-refractivity contribution is 5.68. The molecule has 0 aromatic heterocycles. The van der Waals surface area contributed by atoms with E-state index in [0.717, 1.165) is 39.1 Å². The molecule has 3 nitrogen and oxygen atoms in total. The lowest BCUT2D eigenvalue weighted by Crippen LogP contribution is -2.55. The van der Waals surface area contributed by atoms with Gasteiger partial charge in [0.05, 0.1) is 0 Å². The Hall–Kier alpha value is -1.06. The Bertz CT molecular complexity index is 698. The lowest BCUT2D eigenvalue weighted by atomic mass is 9.51. The van der Waals surface area contributed by atoms with Crippen molar-refractivity contribution in [3.63, 3.8) is 0 Å². The van der Waals surface area contributed by atoms with Crippen molar-refractivity contribution in [3.8, 4) is 0 Å². The van der Waals surface area contributed by atoms with Crippen LogP contribution in [0.5, 0.6) is 0 Å². The van der Waals surface area contributed by atoms with Crippen LogP contribution in [0.1, 0.15) is 86.3 Å². The first-order valence-electron chi connectivity index (χ1n) is 11.5. The number of ether oxygens (including phenoxy) is 1. The van der Waals surface area contributed by atoms with Gasteiger partial charge in [0.2, 0.25) is 0 Å². The molecule has 0 saturated carbocycles. The molecule has 0 unspecified atom stereocenters. The van der Waals surface area contributed by atoms with Gasteiger partial charge in [-0.3, -0.25) is 0 Å². The molecule has 0 spiro atoms. The molecule has 0 bridgehead atoms. The minimum absolute atomic E-state index is 0.0799. The van der Waals surface area contributed by atoms with E-state index in [1.54, 1.807) is 5.56 Å². The molecule has 1 fully saturated rings. The van der Waals surface area contributed by atoms with Crippen LogP contribution in [0.2, 0.25) is 0 Å². The van der Waals surface area contributed by atoms with Gasteiger partial charge in [-0.25, -0.2) is 0 Å². The number of fused-ring (bicyclic) bond motifs is 1. The first kappa shape index (κ1) is 22.6. The van der Waals surface area contributed by atoms with E-state index < -0.39 is 0 Å². The Morgan fingerprint density at radius 3 is 2.07 bits per heavy atom. The molecule has 0 radical (unpaired) electrons. The van der Waals surface area contributed by atoms with Crippen LogP contribution in [0.15, 0.2) is 18.2 Å². The van der Waals surface area contributed by atoms with Crippen molar-refractivity contribution in [2.24, 2.45) is 10.8 Å². The SMILES string of the molecule is CC(C)(C)N1CC(C(C)(C)C)(C(C)(C)C)c2c(CNC3CCOCC3)cccc21. The zero-order chi connectivity index (χ0) is 21.7. The van der Waals surface area contributed by atoms with Gasteiger partial charge in [0, 0.05) is 49.0 Å². The quantitative estimate of drug-likeness (QED) is 0.683. The number of nitrogens with one attached hydrogen (secondary N) is 1. The maximum absolute atomic E-state index is 5.55. The third kappa shape index (κ3) is 3.97. The normalized spacial score (nSPS) is 20.8. The Kier molecular flexibility index (Phi) is 5.90. The highest BCUT2D eigenvalue weighted by Crippen LogP contribution is 2.61. The monoisotopic (exact) mass is 400 g/mol. The standard InChI is InChI=1S/C26H44N2O/c1-23(2,3)26(24(4,5)6)18-28(25(7,8)9)21-12-10-11-19(22(21)26)17-27-20-13-15-29-16-14-20/h10-12,20,27H,13-18H2,1-9H3. The van der Waals surface area contributed by atoms with Crippen LogP contribution in [0, 0.1) is 10.8 Å². The van der Waals surface area contributed by atoms with Crippen LogP contribution >= 0.6 is 0 Å². The van der Waals surface area contributed by atoms with E-state index in [0.29, 0.717) is 6.04 Å². The second-order valence-electron chi connectivity index (χ2n) is 12.2. The number of nitrogens with zero attached hydrogens (tertiary/aromatic N) is 1. The minimum Gasteiger partial charge on any atom is -0.381 e. The topological polar surface area (TPSA) is 24.5 Å². The Balaban J connectivity index is 2.11. The summed E-state index contributed by atoms with van der Waals surface area (Å²) in [7, 11) is 0. The van der Waals surface area contributed by atoms with Gasteiger partial charge in [-0.1, -0.05) is 53.7 Å². The summed E-state index contributed by atoms with van der Waals surface area (Å²) in [6.45, 7) is 25.5. The molecule has 0 atom stereocenters. The molecule has 2 aliphatic heterocycles. The van der Waals surface area contributed by atoms with E-state index in [9.17, 15) is 0 Å². The molecule has 2 aliphatic rings. The number of benzene rings is 1. The van der Waals surface area contributed by atoms with Gasteiger partial charge < -0.3 is 15.0 Å². The van der Waals surface area contributed by atoms with Gasteiger partial charge in [0.25, 0.3) is 0 Å². The predicted octanol–water partition coefficient (Wildman–Crippen LogP) is 5.90. The fourth-order valence-electron chi connectivity index (χ4n) is 5.96. The molecule has 0 aliphatic carbocycles. The summed E-state index contributed by atoms with van der Waals surface area (Å²) in [6.07, 6.45) is 2.24. The third-order valence-corrected chi connectivity index (χ3v) is 7.41. The summed E-state index contributed by atoms with van der Waals surface area (Å²) in [5.41, 5.74) is 4.97. The first-order valence-corrected chi connectivity index (χ1v) is 11.5. The van der Waals surface area contributed by atoms with Crippen molar-refractivity contribution < 1.29 is 4.74 Å². The fraction of sp³-hybridized carbons (Fsp3) is 0.769. The largest absolute Gasteiger partial charge is 0.381 e. The van der Waals surface area contributed by atoms with Crippen LogP contribution < -0.4 is 10.2 Å². The summed E-state index contributed by atoms with van der Waals surface area (Å²) in [5.74, 6) is 0. The van der Waals surface area contributed by atoms with Crippen molar-refractivity contribution in [1.82, 2.24) is 5.32 Å². The van der Waals surface area contributed by atoms with E-state index in [1.165, 1.54) is 11.3 Å². The predicted molar refractivity (Wildman–Crippen MR) is 125 cm³/mol. The van der Waals surface area contributed by atoms with Gasteiger partial charge in [-0.05, 0) is 61.6 Å². The first-order chi connectivity index (χ1) is 13.3.